The number of halogens is 2. The molecule has 0 fully saturated rings. The molecule has 0 unspecified atom stereocenters. The molecule has 0 amide bonds. The highest BCUT2D eigenvalue weighted by atomic mass is 127. The molecule has 7 heteroatoms. The van der Waals surface area contributed by atoms with Gasteiger partial charge in [0.2, 0.25) is 0 Å². The lowest BCUT2D eigenvalue weighted by atomic mass is 10.2. The predicted molar refractivity (Wildman–Crippen MR) is 107 cm³/mol. The van der Waals surface area contributed by atoms with E-state index in [2.05, 4.69) is 15.6 Å². The molecule has 132 valence electrons. The molecule has 0 spiro atoms. The van der Waals surface area contributed by atoms with Crippen LogP contribution in [0.2, 0.25) is 0 Å². The number of hydrogen-bond donors (Lipinski definition) is 2. The van der Waals surface area contributed by atoms with Gasteiger partial charge in [-0.25, -0.2) is 9.38 Å². The zero-order valence-corrected chi connectivity index (χ0v) is 16.5. The van der Waals surface area contributed by atoms with Crippen molar-refractivity contribution in [3.63, 3.8) is 0 Å². The van der Waals surface area contributed by atoms with E-state index in [-0.39, 0.29) is 29.8 Å². The van der Waals surface area contributed by atoms with E-state index < -0.39 is 0 Å². The zero-order chi connectivity index (χ0) is 16.7. The van der Waals surface area contributed by atoms with Gasteiger partial charge in [0.1, 0.15) is 11.6 Å². The van der Waals surface area contributed by atoms with Gasteiger partial charge in [0.05, 0.1) is 25.0 Å². The number of anilines is 1. The van der Waals surface area contributed by atoms with Crippen LogP contribution < -0.4 is 15.5 Å². The minimum absolute atomic E-state index is 0. The number of nitrogens with zero attached hydrogens (tertiary/aromatic N) is 2. The van der Waals surface area contributed by atoms with Crippen molar-refractivity contribution >= 4 is 35.6 Å². The molecule has 2 aromatic rings. The van der Waals surface area contributed by atoms with Crippen LogP contribution in [0.15, 0.2) is 46.0 Å². The van der Waals surface area contributed by atoms with Crippen molar-refractivity contribution in [2.45, 2.75) is 20.0 Å². The van der Waals surface area contributed by atoms with Gasteiger partial charge in [-0.1, -0.05) is 6.07 Å². The van der Waals surface area contributed by atoms with E-state index >= 15 is 0 Å². The average Bonchev–Trinajstić information content (AvgIpc) is 3.03. The molecule has 24 heavy (non-hydrogen) atoms. The van der Waals surface area contributed by atoms with Gasteiger partial charge < -0.3 is 20.0 Å². The van der Waals surface area contributed by atoms with Gasteiger partial charge in [0, 0.05) is 20.6 Å². The first-order valence-electron chi connectivity index (χ1n) is 7.60. The number of aliphatic imine (C=N–C) groups is 1. The van der Waals surface area contributed by atoms with Gasteiger partial charge in [-0.3, -0.25) is 0 Å². The van der Waals surface area contributed by atoms with Gasteiger partial charge >= 0.3 is 0 Å². The molecule has 5 nitrogen and oxygen atoms in total. The van der Waals surface area contributed by atoms with Crippen molar-refractivity contribution < 1.29 is 8.81 Å². The summed E-state index contributed by atoms with van der Waals surface area (Å²) >= 11 is 0. The standard InChI is InChI=1S/C17H23FN4O.HI/c1-4-19-17(21-12-14-6-5-9-23-14)20-11-13-7-8-16(22(2)3)15(18)10-13;/h5-10H,4,11-12H2,1-3H3,(H2,19,20,21);1H. The minimum atomic E-state index is -0.240. The zero-order valence-electron chi connectivity index (χ0n) is 14.2. The van der Waals surface area contributed by atoms with Crippen LogP contribution in [0.25, 0.3) is 0 Å². The molecule has 1 aromatic carbocycles. The Bertz CT molecular complexity index is 644. The van der Waals surface area contributed by atoms with Crippen LogP contribution in [0.1, 0.15) is 18.2 Å². The summed E-state index contributed by atoms with van der Waals surface area (Å²) in [7, 11) is 3.64. The molecular formula is C17H24FIN4O. The number of rotatable bonds is 6. The van der Waals surface area contributed by atoms with Gasteiger partial charge in [-0.05, 0) is 36.8 Å². The van der Waals surface area contributed by atoms with E-state index in [1.165, 1.54) is 6.07 Å². The second-order valence-corrected chi connectivity index (χ2v) is 5.31. The first kappa shape index (κ1) is 20.3. The van der Waals surface area contributed by atoms with E-state index in [0.29, 0.717) is 24.7 Å². The van der Waals surface area contributed by atoms with E-state index in [0.717, 1.165) is 17.9 Å². The normalized spacial score (nSPS) is 10.9. The third-order valence-corrected chi connectivity index (χ3v) is 3.27. The van der Waals surface area contributed by atoms with E-state index in [9.17, 15) is 4.39 Å². The van der Waals surface area contributed by atoms with E-state index in [1.807, 2.05) is 39.2 Å². The summed E-state index contributed by atoms with van der Waals surface area (Å²) < 4.78 is 19.3. The molecule has 0 bridgehead atoms. The summed E-state index contributed by atoms with van der Waals surface area (Å²) in [6.45, 7) is 3.69. The summed E-state index contributed by atoms with van der Waals surface area (Å²) in [6, 6.07) is 8.92. The number of furan rings is 1. The molecular weight excluding hydrogens is 422 g/mol. The molecule has 2 N–H and O–H groups in total. The maximum Gasteiger partial charge on any atom is 0.191 e. The van der Waals surface area contributed by atoms with E-state index in [1.54, 1.807) is 17.2 Å². The maximum atomic E-state index is 14.0. The largest absolute Gasteiger partial charge is 0.467 e. The Hall–Kier alpha value is -1.77. The molecule has 1 heterocycles. The molecule has 0 radical (unpaired) electrons. The van der Waals surface area contributed by atoms with Crippen LogP contribution in [-0.4, -0.2) is 26.6 Å². The molecule has 2 rings (SSSR count). The topological polar surface area (TPSA) is 52.8 Å². The van der Waals surface area contributed by atoms with Gasteiger partial charge in [-0.2, -0.15) is 0 Å². The van der Waals surface area contributed by atoms with Crippen LogP contribution in [0.5, 0.6) is 0 Å². The minimum Gasteiger partial charge on any atom is -0.467 e. The van der Waals surface area contributed by atoms with Crippen LogP contribution in [-0.2, 0) is 13.1 Å². The Morgan fingerprint density at radius 2 is 2.04 bits per heavy atom. The lowest BCUT2D eigenvalue weighted by Gasteiger charge is -2.14. The molecule has 0 aliphatic rings. The molecule has 1 aromatic heterocycles. The third kappa shape index (κ3) is 6.03. The molecule has 0 aliphatic carbocycles. The maximum absolute atomic E-state index is 14.0. The first-order valence-corrected chi connectivity index (χ1v) is 7.60. The lowest BCUT2D eigenvalue weighted by Crippen LogP contribution is -2.36. The number of guanidine groups is 1. The van der Waals surface area contributed by atoms with Crippen LogP contribution in [0.3, 0.4) is 0 Å². The van der Waals surface area contributed by atoms with Crippen molar-refractivity contribution in [2.24, 2.45) is 4.99 Å². The fraction of sp³-hybridized carbons (Fsp3) is 0.353. The van der Waals surface area contributed by atoms with Crippen LogP contribution in [0.4, 0.5) is 10.1 Å². The summed E-state index contributed by atoms with van der Waals surface area (Å²) in [5, 5.41) is 6.34. The van der Waals surface area contributed by atoms with E-state index in [4.69, 9.17) is 4.42 Å². The quantitative estimate of drug-likeness (QED) is 0.406. The Morgan fingerprint density at radius 1 is 1.25 bits per heavy atom. The van der Waals surface area contributed by atoms with Crippen molar-refractivity contribution in [1.82, 2.24) is 10.6 Å². The second-order valence-electron chi connectivity index (χ2n) is 5.31. The number of nitrogens with one attached hydrogen (secondary N) is 2. The third-order valence-electron chi connectivity index (χ3n) is 3.27. The molecule has 0 aliphatic heterocycles. The average molecular weight is 446 g/mol. The highest BCUT2D eigenvalue weighted by molar-refractivity contribution is 14.0. The Morgan fingerprint density at radius 3 is 2.62 bits per heavy atom. The lowest BCUT2D eigenvalue weighted by molar-refractivity contribution is 0.501. The highest BCUT2D eigenvalue weighted by Gasteiger charge is 2.05. The smallest absolute Gasteiger partial charge is 0.191 e. The first-order chi connectivity index (χ1) is 11.1. The monoisotopic (exact) mass is 446 g/mol. The molecule has 0 saturated carbocycles. The Kier molecular flexibility index (Phi) is 8.59. The number of hydrogen-bond acceptors (Lipinski definition) is 3. The van der Waals surface area contributed by atoms with Crippen LogP contribution >= 0.6 is 24.0 Å². The number of benzene rings is 1. The van der Waals surface area contributed by atoms with Crippen molar-refractivity contribution in [3.8, 4) is 0 Å². The summed E-state index contributed by atoms with van der Waals surface area (Å²) in [4.78, 5) is 6.22. The Balaban J connectivity index is 0.00000288. The van der Waals surface area contributed by atoms with Gasteiger partial charge in [0.25, 0.3) is 0 Å². The fourth-order valence-corrected chi connectivity index (χ4v) is 2.11. The van der Waals surface area contributed by atoms with Crippen molar-refractivity contribution in [3.05, 3.63) is 53.7 Å². The molecule has 0 atom stereocenters. The van der Waals surface area contributed by atoms with Crippen molar-refractivity contribution in [2.75, 3.05) is 25.5 Å². The van der Waals surface area contributed by atoms with Crippen molar-refractivity contribution in [1.29, 1.82) is 0 Å². The fourth-order valence-electron chi connectivity index (χ4n) is 2.11. The highest BCUT2D eigenvalue weighted by Crippen LogP contribution is 2.18. The summed E-state index contributed by atoms with van der Waals surface area (Å²) in [5.41, 5.74) is 1.39. The Labute approximate surface area is 159 Å². The van der Waals surface area contributed by atoms with Gasteiger partial charge in [0.15, 0.2) is 5.96 Å². The summed E-state index contributed by atoms with van der Waals surface area (Å²) in [6.07, 6.45) is 1.64. The predicted octanol–water partition coefficient (Wildman–Crippen LogP) is 3.36. The molecule has 0 saturated heterocycles. The van der Waals surface area contributed by atoms with Crippen LogP contribution in [0, 0.1) is 5.82 Å². The van der Waals surface area contributed by atoms with Gasteiger partial charge in [-0.15, -0.1) is 24.0 Å². The summed E-state index contributed by atoms with van der Waals surface area (Å²) in [5.74, 6) is 1.26. The second kappa shape index (κ2) is 10.2. The SMILES string of the molecule is CCNC(=NCc1ccc(N(C)C)c(F)c1)NCc1ccco1.I.